The number of methoxy groups -OCH3 is 1. The largest absolute Gasteiger partial charge is 0.462 e. The third-order valence-electron chi connectivity index (χ3n) is 8.31. The van der Waals surface area contributed by atoms with Crippen molar-refractivity contribution in [3.05, 3.63) is 36.0 Å². The molecular weight excluding hydrogens is 596 g/mol. The molecule has 0 radical (unpaired) electrons. The van der Waals surface area contributed by atoms with Crippen LogP contribution < -0.4 is 0 Å². The van der Waals surface area contributed by atoms with E-state index in [1.807, 2.05) is 27.7 Å². The molecule has 0 spiro atoms. The van der Waals surface area contributed by atoms with Gasteiger partial charge in [0.25, 0.3) is 0 Å². The highest BCUT2D eigenvalue weighted by molar-refractivity contribution is 5.72. The molecule has 10 unspecified atom stereocenters. The summed E-state index contributed by atoms with van der Waals surface area (Å²) in [7, 11) is 1.64. The van der Waals surface area contributed by atoms with E-state index in [0.29, 0.717) is 12.0 Å². The average molecular weight is 653 g/mol. The van der Waals surface area contributed by atoms with Crippen LogP contribution in [0.1, 0.15) is 94.4 Å². The second-order valence-corrected chi connectivity index (χ2v) is 12.7. The number of carbonyl (C=O) groups excluding carboxylic acids is 4. The Balaban J connectivity index is 3.34. The van der Waals surface area contributed by atoms with E-state index in [-0.39, 0.29) is 37.2 Å². The van der Waals surface area contributed by atoms with Gasteiger partial charge in [-0.25, -0.2) is 0 Å². The fraction of sp³-hybridized carbons (Fsp3) is 0.714. The molecule has 0 amide bonds. The molecule has 0 saturated carbocycles. The van der Waals surface area contributed by atoms with Crippen molar-refractivity contribution in [1.82, 2.24) is 0 Å². The molecule has 1 aliphatic heterocycles. The summed E-state index contributed by atoms with van der Waals surface area (Å²) in [5.41, 5.74) is -0.820. The van der Waals surface area contributed by atoms with Gasteiger partial charge in [0.05, 0.1) is 18.6 Å². The standard InChI is InChI=1S/C35H56O11/c1-11-30(42-10)24(5)19-29(39)34(45-27(8)38)22(3)14-12-13-21(2)33-23(4)15-16-31(44-26(7)37)35(9,41)18-17-28(43-25(6)36)20-32(40)46-33/h12-16,22-24,28-31,33-34,39,41H,11,17-20H2,1-10H3/b14-12+,16-15+,21-13+. The maximum absolute atomic E-state index is 13.1. The molecule has 1 aliphatic rings. The van der Waals surface area contributed by atoms with Gasteiger partial charge < -0.3 is 33.9 Å². The smallest absolute Gasteiger partial charge is 0.310 e. The SMILES string of the molecule is CCC(OC)C(C)CC(O)C(OC(C)=O)C(C)/C=C/C=C(\C)C1OC(=O)CC(OC(C)=O)CCC(C)(O)C(OC(C)=O)/C=C/C1C. The van der Waals surface area contributed by atoms with Crippen molar-refractivity contribution < 1.29 is 53.1 Å². The molecule has 11 nitrogen and oxygen atoms in total. The Morgan fingerprint density at radius 3 is 2.26 bits per heavy atom. The molecule has 0 aromatic carbocycles. The lowest BCUT2D eigenvalue weighted by Crippen LogP contribution is -2.42. The lowest BCUT2D eigenvalue weighted by atomic mass is 9.88. The van der Waals surface area contributed by atoms with E-state index in [2.05, 4.69) is 0 Å². The molecule has 46 heavy (non-hydrogen) atoms. The van der Waals surface area contributed by atoms with Crippen molar-refractivity contribution in [2.75, 3.05) is 7.11 Å². The number of allylic oxidation sites excluding steroid dienone is 2. The fourth-order valence-electron chi connectivity index (χ4n) is 5.74. The molecular formula is C35H56O11. The highest BCUT2D eigenvalue weighted by Crippen LogP contribution is 2.28. The van der Waals surface area contributed by atoms with E-state index in [1.165, 1.54) is 27.7 Å². The van der Waals surface area contributed by atoms with Gasteiger partial charge in [-0.05, 0) is 57.1 Å². The molecule has 0 aromatic heterocycles. The minimum atomic E-state index is -1.50. The van der Waals surface area contributed by atoms with Gasteiger partial charge in [0.1, 0.15) is 30.0 Å². The molecule has 2 N–H and O–H groups in total. The number of carbonyl (C=O) groups is 4. The van der Waals surface area contributed by atoms with Crippen molar-refractivity contribution >= 4 is 23.9 Å². The van der Waals surface area contributed by atoms with Crippen LogP contribution >= 0.6 is 0 Å². The van der Waals surface area contributed by atoms with Gasteiger partial charge in [0.2, 0.25) is 0 Å². The van der Waals surface area contributed by atoms with E-state index in [4.69, 9.17) is 23.7 Å². The average Bonchev–Trinajstić information content (AvgIpc) is 2.94. The highest BCUT2D eigenvalue weighted by Gasteiger charge is 2.36. The number of ether oxygens (including phenoxy) is 5. The van der Waals surface area contributed by atoms with Crippen LogP contribution in [0.3, 0.4) is 0 Å². The first kappa shape index (κ1) is 41.0. The summed E-state index contributed by atoms with van der Waals surface area (Å²) in [5, 5.41) is 22.2. The lowest BCUT2D eigenvalue weighted by molar-refractivity contribution is -0.160. The van der Waals surface area contributed by atoms with E-state index in [9.17, 15) is 29.4 Å². The zero-order valence-electron chi connectivity index (χ0n) is 29.2. The summed E-state index contributed by atoms with van der Waals surface area (Å²) in [6, 6.07) is 0. The third kappa shape index (κ3) is 14.2. The second-order valence-electron chi connectivity index (χ2n) is 12.7. The van der Waals surface area contributed by atoms with E-state index in [0.717, 1.165) is 6.42 Å². The van der Waals surface area contributed by atoms with Crippen LogP contribution in [0, 0.1) is 17.8 Å². The first-order valence-electron chi connectivity index (χ1n) is 16.1. The summed E-state index contributed by atoms with van der Waals surface area (Å²) >= 11 is 0. The van der Waals surface area contributed by atoms with Crippen LogP contribution in [0.25, 0.3) is 0 Å². The zero-order chi connectivity index (χ0) is 35.2. The summed E-state index contributed by atoms with van der Waals surface area (Å²) < 4.78 is 27.7. The summed E-state index contributed by atoms with van der Waals surface area (Å²) in [4.78, 5) is 48.5. The van der Waals surface area contributed by atoms with Gasteiger partial charge in [0.15, 0.2) is 0 Å². The van der Waals surface area contributed by atoms with Gasteiger partial charge in [-0.2, -0.15) is 0 Å². The fourth-order valence-corrected chi connectivity index (χ4v) is 5.74. The predicted molar refractivity (Wildman–Crippen MR) is 172 cm³/mol. The first-order valence-corrected chi connectivity index (χ1v) is 16.1. The number of rotatable bonds is 13. The molecule has 10 atom stereocenters. The van der Waals surface area contributed by atoms with E-state index >= 15 is 0 Å². The maximum atomic E-state index is 13.1. The summed E-state index contributed by atoms with van der Waals surface area (Å²) in [6.45, 7) is 14.8. The number of hydrogen-bond acceptors (Lipinski definition) is 11. The Bertz CT molecular complexity index is 1090. The van der Waals surface area contributed by atoms with Crippen LogP contribution in [-0.4, -0.2) is 83.4 Å². The molecule has 0 aromatic rings. The molecule has 0 aliphatic carbocycles. The number of aliphatic hydroxyl groups is 2. The topological polar surface area (TPSA) is 155 Å². The molecule has 262 valence electrons. The van der Waals surface area contributed by atoms with Gasteiger partial charge in [0, 0.05) is 39.7 Å². The minimum absolute atomic E-state index is 0.0338. The number of aliphatic hydroxyl groups excluding tert-OH is 1. The molecule has 1 rings (SSSR count). The van der Waals surface area contributed by atoms with Crippen molar-refractivity contribution in [2.24, 2.45) is 17.8 Å². The molecule has 0 saturated heterocycles. The zero-order valence-corrected chi connectivity index (χ0v) is 29.2. The van der Waals surface area contributed by atoms with E-state index < -0.39 is 65.9 Å². The van der Waals surface area contributed by atoms with Crippen LogP contribution in [0.15, 0.2) is 36.0 Å². The van der Waals surface area contributed by atoms with Gasteiger partial charge in [-0.1, -0.05) is 52.0 Å². The second kappa shape index (κ2) is 19.6. The molecule has 0 fully saturated rings. The quantitative estimate of drug-likeness (QED) is 0.122. The van der Waals surface area contributed by atoms with Crippen molar-refractivity contribution in [3.8, 4) is 0 Å². The predicted octanol–water partition coefficient (Wildman–Crippen LogP) is 4.77. The molecule has 0 bridgehead atoms. The molecule has 11 heteroatoms. The Morgan fingerprint density at radius 2 is 1.72 bits per heavy atom. The van der Waals surface area contributed by atoms with E-state index in [1.54, 1.807) is 44.4 Å². The maximum Gasteiger partial charge on any atom is 0.310 e. The Kier molecular flexibility index (Phi) is 17.5. The lowest BCUT2D eigenvalue weighted by Gasteiger charge is -2.33. The van der Waals surface area contributed by atoms with Crippen molar-refractivity contribution in [2.45, 2.75) is 137 Å². The van der Waals surface area contributed by atoms with Crippen LogP contribution in [0.2, 0.25) is 0 Å². The Hall–Kier alpha value is -3.02. The Morgan fingerprint density at radius 1 is 1.09 bits per heavy atom. The molecule has 1 heterocycles. The highest BCUT2D eigenvalue weighted by atomic mass is 16.6. The number of cyclic esters (lactones) is 1. The number of esters is 4. The van der Waals surface area contributed by atoms with Gasteiger partial charge in [-0.15, -0.1) is 0 Å². The van der Waals surface area contributed by atoms with Crippen molar-refractivity contribution in [1.29, 1.82) is 0 Å². The van der Waals surface area contributed by atoms with Gasteiger partial charge >= 0.3 is 23.9 Å². The summed E-state index contributed by atoms with van der Waals surface area (Å²) in [6.07, 6.45) is 5.50. The normalized spacial score (nSPS) is 28.8. The van der Waals surface area contributed by atoms with Crippen molar-refractivity contribution in [3.63, 3.8) is 0 Å². The first-order chi connectivity index (χ1) is 21.4. The third-order valence-corrected chi connectivity index (χ3v) is 8.31. The Labute approximate surface area is 274 Å². The monoisotopic (exact) mass is 652 g/mol. The summed E-state index contributed by atoms with van der Waals surface area (Å²) in [5.74, 6) is -2.94. The minimum Gasteiger partial charge on any atom is -0.462 e. The van der Waals surface area contributed by atoms with Crippen LogP contribution in [0.5, 0.6) is 0 Å². The van der Waals surface area contributed by atoms with Gasteiger partial charge in [-0.3, -0.25) is 19.2 Å². The van der Waals surface area contributed by atoms with Crippen LogP contribution in [-0.2, 0) is 42.9 Å². The number of hydrogen-bond donors (Lipinski definition) is 2. The van der Waals surface area contributed by atoms with Crippen LogP contribution in [0.4, 0.5) is 0 Å².